The maximum Gasteiger partial charge on any atom is 0.338 e. The van der Waals surface area contributed by atoms with Crippen LogP contribution in [0.2, 0.25) is 0 Å². The highest BCUT2D eigenvalue weighted by Crippen LogP contribution is 2.38. The smallest absolute Gasteiger partial charge is 0.338 e. The van der Waals surface area contributed by atoms with Crippen LogP contribution in [-0.4, -0.2) is 30.5 Å². The molecule has 0 spiro atoms. The number of carbonyl (C=O) groups excluding carboxylic acids is 1. The van der Waals surface area contributed by atoms with Gasteiger partial charge in [0.15, 0.2) is 16.3 Å². The van der Waals surface area contributed by atoms with Crippen molar-refractivity contribution in [1.29, 1.82) is 0 Å². The van der Waals surface area contributed by atoms with Gasteiger partial charge in [0.2, 0.25) is 6.79 Å². The van der Waals surface area contributed by atoms with Crippen molar-refractivity contribution in [2.75, 3.05) is 20.0 Å². The largest absolute Gasteiger partial charge is 0.488 e. The van der Waals surface area contributed by atoms with E-state index in [0.717, 1.165) is 10.0 Å². The topological polar surface area (TPSA) is 88.3 Å². The fourth-order valence-electron chi connectivity index (χ4n) is 4.21. The summed E-state index contributed by atoms with van der Waals surface area (Å²) in [5.41, 5.74) is 2.06. The molecule has 3 aromatic rings. The van der Waals surface area contributed by atoms with Gasteiger partial charge in [0.1, 0.15) is 12.4 Å². The maximum atomic E-state index is 13.8. The average Bonchev–Trinajstić information content (AvgIpc) is 3.46. The second-order valence-electron chi connectivity index (χ2n) is 8.20. The summed E-state index contributed by atoms with van der Waals surface area (Å²) >= 11 is 4.78. The first-order chi connectivity index (χ1) is 17.9. The standard InChI is InChI=1S/C27H23BrN2O6S/c1-4-10-34-19-8-6-16(11-18(19)28)12-22-25(31)30-24(17-7-9-20-21(13-17)36-14-35-20)23(26(32)33-5-2)15(3)29-27(30)37-22/h4,6-9,11-13,24H,1,5,10,14H2,2-3H3/b22-12-/t24-/m0/s1. The van der Waals surface area contributed by atoms with E-state index in [1.165, 1.54) is 11.3 Å². The lowest BCUT2D eigenvalue weighted by Crippen LogP contribution is -2.39. The molecule has 0 saturated heterocycles. The molecule has 2 aromatic carbocycles. The molecule has 0 aliphatic carbocycles. The van der Waals surface area contributed by atoms with E-state index in [-0.39, 0.29) is 19.0 Å². The van der Waals surface area contributed by atoms with Crippen LogP contribution < -0.4 is 29.1 Å². The number of halogens is 1. The second-order valence-corrected chi connectivity index (χ2v) is 10.1. The molecule has 1 aromatic heterocycles. The molecule has 5 rings (SSSR count). The van der Waals surface area contributed by atoms with Crippen LogP contribution in [0.4, 0.5) is 0 Å². The summed E-state index contributed by atoms with van der Waals surface area (Å²) in [4.78, 5) is 31.9. The summed E-state index contributed by atoms with van der Waals surface area (Å²) < 4.78 is 24.8. The lowest BCUT2D eigenvalue weighted by molar-refractivity contribution is -0.139. The Morgan fingerprint density at radius 3 is 2.84 bits per heavy atom. The number of hydrogen-bond acceptors (Lipinski definition) is 8. The van der Waals surface area contributed by atoms with Crippen molar-refractivity contribution in [3.8, 4) is 17.2 Å². The number of benzene rings is 2. The molecule has 0 bridgehead atoms. The molecule has 8 nitrogen and oxygen atoms in total. The Bertz CT molecular complexity index is 1620. The van der Waals surface area contributed by atoms with Crippen LogP contribution in [-0.2, 0) is 9.53 Å². The minimum Gasteiger partial charge on any atom is -0.488 e. The molecule has 0 radical (unpaired) electrons. The van der Waals surface area contributed by atoms with Gasteiger partial charge in [-0.2, -0.15) is 0 Å². The molecule has 0 N–H and O–H groups in total. The van der Waals surface area contributed by atoms with E-state index >= 15 is 0 Å². The molecule has 2 aliphatic heterocycles. The predicted molar refractivity (Wildman–Crippen MR) is 143 cm³/mol. The highest BCUT2D eigenvalue weighted by molar-refractivity contribution is 9.10. The summed E-state index contributed by atoms with van der Waals surface area (Å²) in [5.74, 6) is 1.33. The van der Waals surface area contributed by atoms with Gasteiger partial charge in [-0.25, -0.2) is 9.79 Å². The van der Waals surface area contributed by atoms with Crippen LogP contribution in [0.5, 0.6) is 17.2 Å². The fraction of sp³-hybridized carbons (Fsp3) is 0.222. The quantitative estimate of drug-likeness (QED) is 0.310. The van der Waals surface area contributed by atoms with Crippen molar-refractivity contribution >= 4 is 39.3 Å². The van der Waals surface area contributed by atoms with Crippen molar-refractivity contribution in [1.82, 2.24) is 4.57 Å². The zero-order valence-electron chi connectivity index (χ0n) is 20.2. The van der Waals surface area contributed by atoms with Gasteiger partial charge in [0.25, 0.3) is 5.56 Å². The van der Waals surface area contributed by atoms with Crippen molar-refractivity contribution in [2.24, 2.45) is 4.99 Å². The van der Waals surface area contributed by atoms with E-state index in [1.54, 1.807) is 42.7 Å². The van der Waals surface area contributed by atoms with Crippen LogP contribution in [0.3, 0.4) is 0 Å². The van der Waals surface area contributed by atoms with Gasteiger partial charge < -0.3 is 18.9 Å². The van der Waals surface area contributed by atoms with E-state index in [4.69, 9.17) is 18.9 Å². The molecule has 0 fully saturated rings. The van der Waals surface area contributed by atoms with Gasteiger partial charge in [-0.3, -0.25) is 9.36 Å². The number of nitrogens with zero attached hydrogens (tertiary/aromatic N) is 2. The molecule has 37 heavy (non-hydrogen) atoms. The number of allylic oxidation sites excluding steroid dienone is 1. The molecule has 0 saturated carbocycles. The minimum absolute atomic E-state index is 0.119. The molecule has 190 valence electrons. The SMILES string of the molecule is C=CCOc1ccc(/C=c2\sc3n(c2=O)[C@@H](c2ccc4c(c2)OCO4)C(C(=O)OCC)=C(C)N=3)cc1Br. The zero-order chi connectivity index (χ0) is 26.1. The van der Waals surface area contributed by atoms with Crippen molar-refractivity contribution < 1.29 is 23.7 Å². The van der Waals surface area contributed by atoms with E-state index in [0.29, 0.717) is 50.0 Å². The number of rotatable bonds is 7. The first-order valence-electron chi connectivity index (χ1n) is 11.5. The molecular weight excluding hydrogens is 560 g/mol. The summed E-state index contributed by atoms with van der Waals surface area (Å²) in [5, 5.41) is 0. The Kier molecular flexibility index (Phi) is 7.03. The van der Waals surface area contributed by atoms with E-state index in [2.05, 4.69) is 27.5 Å². The first-order valence-corrected chi connectivity index (χ1v) is 13.1. The lowest BCUT2D eigenvalue weighted by Gasteiger charge is -2.24. The fourth-order valence-corrected chi connectivity index (χ4v) is 5.77. The molecule has 10 heteroatoms. The van der Waals surface area contributed by atoms with Crippen LogP contribution >= 0.6 is 27.3 Å². The van der Waals surface area contributed by atoms with Gasteiger partial charge in [-0.1, -0.05) is 36.1 Å². The van der Waals surface area contributed by atoms with Crippen LogP contribution in [0.15, 0.2) is 74.6 Å². The van der Waals surface area contributed by atoms with Gasteiger partial charge in [-0.15, -0.1) is 0 Å². The van der Waals surface area contributed by atoms with Gasteiger partial charge in [0.05, 0.1) is 32.9 Å². The minimum atomic E-state index is -0.728. The molecule has 0 unspecified atom stereocenters. The van der Waals surface area contributed by atoms with Crippen LogP contribution in [0.25, 0.3) is 6.08 Å². The summed E-state index contributed by atoms with van der Waals surface area (Å²) in [6, 6.07) is 10.2. The van der Waals surface area contributed by atoms with Crippen molar-refractivity contribution in [3.63, 3.8) is 0 Å². The highest BCUT2D eigenvalue weighted by Gasteiger charge is 2.34. The third-order valence-corrected chi connectivity index (χ3v) is 7.44. The number of fused-ring (bicyclic) bond motifs is 2. The predicted octanol–water partition coefficient (Wildman–Crippen LogP) is 3.85. The lowest BCUT2D eigenvalue weighted by atomic mass is 9.95. The molecule has 0 amide bonds. The number of hydrogen-bond donors (Lipinski definition) is 0. The summed E-state index contributed by atoms with van der Waals surface area (Å²) in [6.45, 7) is 7.86. The van der Waals surface area contributed by atoms with Crippen molar-refractivity contribution in [3.05, 3.63) is 95.6 Å². The number of thiazole rings is 1. The Morgan fingerprint density at radius 1 is 1.27 bits per heavy atom. The zero-order valence-corrected chi connectivity index (χ0v) is 22.6. The Hall–Kier alpha value is -3.63. The van der Waals surface area contributed by atoms with E-state index in [9.17, 15) is 9.59 Å². The normalized spacial score (nSPS) is 16.3. The Balaban J connectivity index is 1.65. The Labute approximate surface area is 224 Å². The van der Waals surface area contributed by atoms with E-state index in [1.807, 2.05) is 24.3 Å². The Morgan fingerprint density at radius 2 is 2.08 bits per heavy atom. The number of aromatic nitrogens is 1. The van der Waals surface area contributed by atoms with Crippen LogP contribution in [0.1, 0.15) is 31.0 Å². The second kappa shape index (κ2) is 10.4. The average molecular weight is 583 g/mol. The summed E-state index contributed by atoms with van der Waals surface area (Å²) in [7, 11) is 0. The molecular formula is C27H23BrN2O6S. The third kappa shape index (κ3) is 4.74. The molecule has 2 aliphatic rings. The third-order valence-electron chi connectivity index (χ3n) is 5.84. The number of ether oxygens (including phenoxy) is 4. The van der Waals surface area contributed by atoms with Gasteiger partial charge in [0, 0.05) is 0 Å². The van der Waals surface area contributed by atoms with Crippen LogP contribution in [0, 0.1) is 0 Å². The van der Waals surface area contributed by atoms with E-state index < -0.39 is 12.0 Å². The van der Waals surface area contributed by atoms with Gasteiger partial charge >= 0.3 is 5.97 Å². The number of esters is 1. The van der Waals surface area contributed by atoms with Crippen molar-refractivity contribution in [2.45, 2.75) is 19.9 Å². The maximum absolute atomic E-state index is 13.8. The number of carbonyl (C=O) groups is 1. The molecule has 3 heterocycles. The first kappa shape index (κ1) is 25.0. The molecule has 1 atom stereocenters. The monoisotopic (exact) mass is 582 g/mol. The van der Waals surface area contributed by atoms with Gasteiger partial charge in [-0.05, 0) is 71.2 Å². The summed E-state index contributed by atoms with van der Waals surface area (Å²) in [6.07, 6.45) is 3.47. The highest BCUT2D eigenvalue weighted by atomic mass is 79.9.